The first kappa shape index (κ1) is 26.2. The number of benzene rings is 3. The van der Waals surface area contributed by atoms with Crippen LogP contribution in [-0.2, 0) is 11.0 Å². The molecule has 9 heteroatoms. The largest absolute Gasteiger partial charge is 0.497 e. The summed E-state index contributed by atoms with van der Waals surface area (Å²) in [6.07, 6.45) is 1.31. The van der Waals surface area contributed by atoms with Gasteiger partial charge in [-0.25, -0.2) is 8.51 Å². The number of fused-ring (bicyclic) bond motifs is 3. The Morgan fingerprint density at radius 3 is 2.62 bits per heavy atom. The standard InChI is InChI=1S/C28H32BrN3O4S/c1-35-21-6-8-22(9-7-21)37(34)32-14-12-19(13-15-32)16-30-17-20(33)18-36-28-24(29)10-11-26-27(28)23-4-2-3-5-25(23)31-26/h2-11,19-20,30-31,33H,12-18H2,1H3/t20-,37?/m0/s1. The molecular weight excluding hydrogens is 554 g/mol. The van der Waals surface area contributed by atoms with Crippen molar-refractivity contribution < 1.29 is 18.8 Å². The van der Waals surface area contributed by atoms with Gasteiger partial charge in [0.05, 0.1) is 27.4 Å². The average Bonchev–Trinajstić information content (AvgIpc) is 3.31. The normalized spacial score (nSPS) is 16.7. The number of H-pyrrole nitrogens is 1. The lowest BCUT2D eigenvalue weighted by Crippen LogP contribution is -2.40. The molecule has 0 aliphatic carbocycles. The summed E-state index contributed by atoms with van der Waals surface area (Å²) in [5.41, 5.74) is 2.06. The summed E-state index contributed by atoms with van der Waals surface area (Å²) < 4.78 is 27.1. The summed E-state index contributed by atoms with van der Waals surface area (Å²) in [6.45, 7) is 3.06. The van der Waals surface area contributed by atoms with Crippen LogP contribution in [0.5, 0.6) is 11.5 Å². The molecule has 3 N–H and O–H groups in total. The lowest BCUT2D eigenvalue weighted by atomic mass is 9.98. The fourth-order valence-corrected chi connectivity index (χ4v) is 6.49. The number of aliphatic hydroxyl groups excluding tert-OH is 1. The van der Waals surface area contributed by atoms with Crippen molar-refractivity contribution >= 4 is 48.7 Å². The Hall–Kier alpha value is -2.43. The minimum absolute atomic E-state index is 0.198. The summed E-state index contributed by atoms with van der Waals surface area (Å²) >= 11 is 3.61. The Balaban J connectivity index is 1.08. The molecule has 4 aromatic rings. The average molecular weight is 587 g/mol. The van der Waals surface area contributed by atoms with E-state index in [-0.39, 0.29) is 6.61 Å². The van der Waals surface area contributed by atoms with Gasteiger partial charge in [0.1, 0.15) is 35.2 Å². The number of nitrogens with one attached hydrogen (secondary N) is 2. The predicted octanol–water partition coefficient (Wildman–Crippen LogP) is 4.86. The van der Waals surface area contributed by atoms with Gasteiger partial charge in [-0.05, 0) is 83.7 Å². The van der Waals surface area contributed by atoms with Crippen molar-refractivity contribution in [3.63, 3.8) is 0 Å². The van der Waals surface area contributed by atoms with Crippen LogP contribution < -0.4 is 14.8 Å². The lowest BCUT2D eigenvalue weighted by Gasteiger charge is -2.31. The molecule has 3 aromatic carbocycles. The predicted molar refractivity (Wildman–Crippen MR) is 152 cm³/mol. The minimum atomic E-state index is -1.15. The van der Waals surface area contributed by atoms with Crippen LogP contribution in [0, 0.1) is 5.92 Å². The molecule has 0 saturated carbocycles. The molecule has 2 atom stereocenters. The number of para-hydroxylation sites is 1. The van der Waals surface area contributed by atoms with Crippen LogP contribution in [-0.4, -0.2) is 64.6 Å². The third-order valence-electron chi connectivity index (χ3n) is 6.88. The molecule has 5 rings (SSSR count). The van der Waals surface area contributed by atoms with Crippen LogP contribution in [0.4, 0.5) is 0 Å². The van der Waals surface area contributed by atoms with E-state index in [0.717, 1.165) is 75.1 Å². The summed E-state index contributed by atoms with van der Waals surface area (Å²) in [5, 5.41) is 16.1. The molecule has 1 fully saturated rings. The van der Waals surface area contributed by atoms with Gasteiger partial charge in [-0.1, -0.05) is 18.2 Å². The molecule has 0 radical (unpaired) electrons. The fourth-order valence-electron chi connectivity index (χ4n) is 4.84. The van der Waals surface area contributed by atoms with Gasteiger partial charge in [-0.15, -0.1) is 0 Å². The second-order valence-electron chi connectivity index (χ2n) is 9.39. The molecule has 7 nitrogen and oxygen atoms in total. The zero-order valence-corrected chi connectivity index (χ0v) is 23.2. The fraction of sp³-hybridized carbons (Fsp3) is 0.357. The highest BCUT2D eigenvalue weighted by atomic mass is 79.9. The number of ether oxygens (including phenoxy) is 2. The second-order valence-corrected chi connectivity index (χ2v) is 11.7. The highest BCUT2D eigenvalue weighted by molar-refractivity contribution is 9.10. The highest BCUT2D eigenvalue weighted by Crippen LogP contribution is 2.38. The molecule has 0 spiro atoms. The van der Waals surface area contributed by atoms with E-state index in [9.17, 15) is 9.32 Å². The number of nitrogens with zero attached hydrogens (tertiary/aromatic N) is 1. The van der Waals surface area contributed by atoms with E-state index < -0.39 is 17.1 Å². The van der Waals surface area contributed by atoms with Crippen molar-refractivity contribution in [2.24, 2.45) is 5.92 Å². The molecule has 0 amide bonds. The van der Waals surface area contributed by atoms with Crippen LogP contribution in [0.2, 0.25) is 0 Å². The smallest absolute Gasteiger partial charge is 0.143 e. The summed E-state index contributed by atoms with van der Waals surface area (Å²) in [5.74, 6) is 2.00. The molecule has 1 aliphatic rings. The molecule has 1 aliphatic heterocycles. The van der Waals surface area contributed by atoms with Gasteiger partial charge in [-0.3, -0.25) is 0 Å². The van der Waals surface area contributed by atoms with Crippen LogP contribution in [0.15, 0.2) is 70.0 Å². The molecule has 2 heterocycles. The number of piperidine rings is 1. The molecule has 0 bridgehead atoms. The van der Waals surface area contributed by atoms with Gasteiger partial charge in [-0.2, -0.15) is 0 Å². The monoisotopic (exact) mass is 585 g/mol. The molecule has 196 valence electrons. The van der Waals surface area contributed by atoms with Crippen LogP contribution in [0.25, 0.3) is 21.8 Å². The summed E-state index contributed by atoms with van der Waals surface area (Å²) in [7, 11) is 0.474. The van der Waals surface area contributed by atoms with Crippen molar-refractivity contribution in [2.75, 3.05) is 39.9 Å². The van der Waals surface area contributed by atoms with E-state index in [1.165, 1.54) is 0 Å². The number of aromatic amines is 1. The van der Waals surface area contributed by atoms with Crippen molar-refractivity contribution in [2.45, 2.75) is 23.8 Å². The van der Waals surface area contributed by atoms with E-state index in [1.807, 2.05) is 58.9 Å². The van der Waals surface area contributed by atoms with Gasteiger partial charge < -0.3 is 24.9 Å². The Kier molecular flexibility index (Phi) is 8.46. The zero-order valence-electron chi connectivity index (χ0n) is 20.8. The zero-order chi connectivity index (χ0) is 25.8. The Labute approximate surface area is 227 Å². The van der Waals surface area contributed by atoms with Crippen molar-refractivity contribution in [1.29, 1.82) is 0 Å². The highest BCUT2D eigenvalue weighted by Gasteiger charge is 2.24. The van der Waals surface area contributed by atoms with Crippen molar-refractivity contribution in [1.82, 2.24) is 14.6 Å². The van der Waals surface area contributed by atoms with Gasteiger partial charge >= 0.3 is 0 Å². The van der Waals surface area contributed by atoms with E-state index >= 15 is 0 Å². The molecule has 1 aromatic heterocycles. The number of hydrogen-bond acceptors (Lipinski definition) is 5. The maximum atomic E-state index is 12.9. The van der Waals surface area contributed by atoms with Crippen molar-refractivity contribution in [3.8, 4) is 11.5 Å². The molecular formula is C28H32BrN3O4S. The number of halogens is 1. The molecule has 1 saturated heterocycles. The topological polar surface area (TPSA) is 86.8 Å². The first-order valence-electron chi connectivity index (χ1n) is 12.5. The number of hydrogen-bond donors (Lipinski definition) is 3. The van der Waals surface area contributed by atoms with Gasteiger partial charge in [0.25, 0.3) is 0 Å². The Bertz CT molecular complexity index is 1370. The van der Waals surface area contributed by atoms with E-state index in [4.69, 9.17) is 9.47 Å². The summed E-state index contributed by atoms with van der Waals surface area (Å²) in [6, 6.07) is 19.6. The molecule has 37 heavy (non-hydrogen) atoms. The maximum absolute atomic E-state index is 12.9. The van der Waals surface area contributed by atoms with E-state index in [2.05, 4.69) is 32.3 Å². The van der Waals surface area contributed by atoms with Gasteiger partial charge in [0.15, 0.2) is 0 Å². The van der Waals surface area contributed by atoms with E-state index in [0.29, 0.717) is 12.5 Å². The van der Waals surface area contributed by atoms with Crippen molar-refractivity contribution in [3.05, 3.63) is 65.1 Å². The minimum Gasteiger partial charge on any atom is -0.497 e. The first-order valence-corrected chi connectivity index (χ1v) is 14.4. The number of aliphatic hydroxyl groups is 1. The quantitative estimate of drug-likeness (QED) is 0.247. The SMILES string of the molecule is COc1ccc(S(=O)N2CCC(CNC[C@H](O)COc3c(Br)ccc4[nH]c5ccccc5c34)CC2)cc1. The Morgan fingerprint density at radius 2 is 1.86 bits per heavy atom. The molecule has 1 unspecified atom stereocenters. The second kappa shape index (κ2) is 12.0. The number of rotatable bonds is 10. The number of aromatic nitrogens is 1. The summed E-state index contributed by atoms with van der Waals surface area (Å²) in [4.78, 5) is 4.23. The third kappa shape index (κ3) is 6.02. The van der Waals surface area contributed by atoms with E-state index in [1.54, 1.807) is 7.11 Å². The van der Waals surface area contributed by atoms with Crippen LogP contribution in [0.1, 0.15) is 12.8 Å². The first-order chi connectivity index (χ1) is 18.0. The van der Waals surface area contributed by atoms with Gasteiger partial charge in [0, 0.05) is 30.5 Å². The third-order valence-corrected chi connectivity index (χ3v) is 9.01. The van der Waals surface area contributed by atoms with Crippen LogP contribution >= 0.6 is 15.9 Å². The number of methoxy groups -OCH3 is 1. The van der Waals surface area contributed by atoms with Crippen LogP contribution in [0.3, 0.4) is 0 Å². The van der Waals surface area contributed by atoms with Gasteiger partial charge in [0.2, 0.25) is 0 Å². The maximum Gasteiger partial charge on any atom is 0.143 e. The lowest BCUT2D eigenvalue weighted by molar-refractivity contribution is 0.105. The Morgan fingerprint density at radius 1 is 1.11 bits per heavy atom.